The van der Waals surface area contributed by atoms with Crippen molar-refractivity contribution in [3.63, 3.8) is 0 Å². The Morgan fingerprint density at radius 1 is 1.47 bits per heavy atom. The number of carbonyl (C=O) groups excluding carboxylic acids is 2. The molecule has 1 N–H and O–H groups in total. The Bertz CT molecular complexity index is 319. The Morgan fingerprint density at radius 3 is 2.47 bits per heavy atom. The van der Waals surface area contributed by atoms with Crippen LogP contribution in [0.25, 0.3) is 0 Å². The summed E-state index contributed by atoms with van der Waals surface area (Å²) in [6, 6.07) is -1.87. The molecule has 0 saturated carbocycles. The molecule has 0 bridgehead atoms. The van der Waals surface area contributed by atoms with E-state index in [9.17, 15) is 22.8 Å². The number of nitrogens with zero attached hydrogens (tertiary/aromatic N) is 1. The fraction of sp³-hybridized carbons (Fsp3) is 0.778. The van der Waals surface area contributed by atoms with E-state index in [2.05, 4.69) is 4.84 Å². The van der Waals surface area contributed by atoms with E-state index >= 15 is 0 Å². The van der Waals surface area contributed by atoms with E-state index in [-0.39, 0.29) is 12.8 Å². The minimum absolute atomic E-state index is 0.136. The van der Waals surface area contributed by atoms with Crippen molar-refractivity contribution in [1.29, 1.82) is 0 Å². The molecule has 8 heteroatoms. The summed E-state index contributed by atoms with van der Waals surface area (Å²) >= 11 is 0. The molecular weight excluding hydrogens is 241 g/mol. The normalized spacial score (nSPS) is 25.4. The minimum Gasteiger partial charge on any atom is -0.344 e. The van der Waals surface area contributed by atoms with Crippen molar-refractivity contribution >= 4 is 11.8 Å². The van der Waals surface area contributed by atoms with Crippen LogP contribution < -0.4 is 5.32 Å². The largest absolute Gasteiger partial charge is 0.408 e. The molecule has 0 radical (unpaired) electrons. The average Bonchev–Trinajstić information content (AvgIpc) is 2.25. The lowest BCUT2D eigenvalue weighted by Crippen LogP contribution is -2.54. The molecule has 0 aromatic carbocycles. The molecule has 0 aliphatic carbocycles. The Hall–Kier alpha value is -1.31. The van der Waals surface area contributed by atoms with Crippen molar-refractivity contribution in [1.82, 2.24) is 10.4 Å². The number of alkyl halides is 3. The van der Waals surface area contributed by atoms with Crippen molar-refractivity contribution in [3.8, 4) is 0 Å². The maximum atomic E-state index is 12.3. The fourth-order valence-corrected chi connectivity index (χ4v) is 1.60. The molecule has 1 aliphatic heterocycles. The van der Waals surface area contributed by atoms with E-state index < -0.39 is 30.0 Å². The van der Waals surface area contributed by atoms with E-state index in [0.717, 1.165) is 5.06 Å². The number of carbonyl (C=O) groups is 2. The van der Waals surface area contributed by atoms with E-state index in [1.165, 1.54) is 14.2 Å². The van der Waals surface area contributed by atoms with Gasteiger partial charge in [-0.15, -0.1) is 0 Å². The van der Waals surface area contributed by atoms with Gasteiger partial charge in [0.2, 0.25) is 5.91 Å². The van der Waals surface area contributed by atoms with Crippen LogP contribution in [0.3, 0.4) is 0 Å². The molecule has 2 atom stereocenters. The maximum Gasteiger partial charge on any atom is 0.408 e. The van der Waals surface area contributed by atoms with E-state index in [1.807, 2.05) is 0 Å². The number of halogens is 3. The third kappa shape index (κ3) is 3.09. The van der Waals surface area contributed by atoms with Gasteiger partial charge in [-0.1, -0.05) is 0 Å². The van der Waals surface area contributed by atoms with Gasteiger partial charge in [0.25, 0.3) is 5.91 Å². The zero-order valence-electron chi connectivity index (χ0n) is 9.37. The summed E-state index contributed by atoms with van der Waals surface area (Å²) in [5.41, 5.74) is 0. The molecule has 0 aromatic heterocycles. The smallest absolute Gasteiger partial charge is 0.344 e. The van der Waals surface area contributed by atoms with Crippen molar-refractivity contribution in [3.05, 3.63) is 0 Å². The fourth-order valence-electron chi connectivity index (χ4n) is 1.60. The Morgan fingerprint density at radius 2 is 2.06 bits per heavy atom. The van der Waals surface area contributed by atoms with Crippen molar-refractivity contribution < 1.29 is 27.6 Å². The number of rotatable bonds is 2. The first-order chi connectivity index (χ1) is 7.77. The minimum atomic E-state index is -4.48. The highest BCUT2D eigenvalue weighted by Gasteiger charge is 2.46. The maximum absolute atomic E-state index is 12.3. The van der Waals surface area contributed by atoms with Crippen molar-refractivity contribution in [2.45, 2.75) is 25.1 Å². The lowest BCUT2D eigenvalue weighted by Gasteiger charge is -2.31. The molecule has 1 rings (SSSR count). The van der Waals surface area contributed by atoms with Crippen LogP contribution in [0.5, 0.6) is 0 Å². The zero-order chi connectivity index (χ0) is 13.2. The lowest BCUT2D eigenvalue weighted by molar-refractivity contribution is -0.183. The van der Waals surface area contributed by atoms with Crippen LogP contribution in [0.4, 0.5) is 13.2 Å². The molecule has 98 valence electrons. The van der Waals surface area contributed by atoms with Gasteiger partial charge in [-0.05, 0) is 12.8 Å². The molecule has 5 nitrogen and oxygen atoms in total. The molecule has 0 unspecified atom stereocenters. The monoisotopic (exact) mass is 254 g/mol. The first kappa shape index (κ1) is 13.8. The summed E-state index contributed by atoms with van der Waals surface area (Å²) in [6.45, 7) is 0. The Kier molecular flexibility index (Phi) is 3.97. The number of nitrogens with one attached hydrogen (secondary N) is 1. The predicted molar refractivity (Wildman–Crippen MR) is 50.5 cm³/mol. The first-order valence-corrected chi connectivity index (χ1v) is 4.96. The van der Waals surface area contributed by atoms with Crippen molar-refractivity contribution in [2.24, 2.45) is 5.92 Å². The summed E-state index contributed by atoms with van der Waals surface area (Å²) in [4.78, 5) is 27.5. The Labute approximate surface area is 95.8 Å². The van der Waals surface area contributed by atoms with Gasteiger partial charge in [-0.25, -0.2) is 5.06 Å². The van der Waals surface area contributed by atoms with Gasteiger partial charge in [0.1, 0.15) is 12.0 Å². The van der Waals surface area contributed by atoms with Gasteiger partial charge in [0, 0.05) is 7.05 Å². The molecule has 1 heterocycles. The van der Waals surface area contributed by atoms with Crippen LogP contribution in [-0.4, -0.2) is 43.3 Å². The second kappa shape index (κ2) is 4.91. The summed E-state index contributed by atoms with van der Waals surface area (Å²) < 4.78 is 37.0. The number of hydroxylamine groups is 2. The van der Waals surface area contributed by atoms with Gasteiger partial charge in [-0.2, -0.15) is 13.2 Å². The highest BCUT2D eigenvalue weighted by atomic mass is 19.4. The predicted octanol–water partition coefficient (Wildman–Crippen LogP) is 0.463. The zero-order valence-corrected chi connectivity index (χ0v) is 9.37. The molecule has 2 amide bonds. The van der Waals surface area contributed by atoms with E-state index in [4.69, 9.17) is 0 Å². The third-order valence-electron chi connectivity index (χ3n) is 2.65. The van der Waals surface area contributed by atoms with Crippen LogP contribution in [0.2, 0.25) is 0 Å². The second-order valence-corrected chi connectivity index (χ2v) is 3.75. The van der Waals surface area contributed by atoms with E-state index in [0.29, 0.717) is 0 Å². The molecule has 1 fully saturated rings. The summed E-state index contributed by atoms with van der Waals surface area (Å²) in [7, 11) is 2.53. The second-order valence-electron chi connectivity index (χ2n) is 3.75. The SMILES string of the molecule is CON(C)C(=O)[C@@H]1CC[C@@H](C(F)(F)F)NC1=O. The van der Waals surface area contributed by atoms with Crippen LogP contribution in [-0.2, 0) is 14.4 Å². The van der Waals surface area contributed by atoms with Gasteiger partial charge >= 0.3 is 6.18 Å². The Balaban J connectivity index is 2.66. The van der Waals surface area contributed by atoms with Crippen LogP contribution in [0.1, 0.15) is 12.8 Å². The lowest BCUT2D eigenvalue weighted by atomic mass is 9.93. The first-order valence-electron chi connectivity index (χ1n) is 4.96. The van der Waals surface area contributed by atoms with Crippen LogP contribution in [0, 0.1) is 5.92 Å². The molecular formula is C9H13F3N2O3. The topological polar surface area (TPSA) is 58.6 Å². The quantitative estimate of drug-likeness (QED) is 0.575. The number of amides is 2. The third-order valence-corrected chi connectivity index (χ3v) is 2.65. The summed E-state index contributed by atoms with van der Waals surface area (Å²) in [6.07, 6.45) is -4.91. The van der Waals surface area contributed by atoms with Crippen LogP contribution in [0.15, 0.2) is 0 Å². The van der Waals surface area contributed by atoms with Crippen molar-refractivity contribution in [2.75, 3.05) is 14.2 Å². The van der Waals surface area contributed by atoms with Gasteiger partial charge in [0.15, 0.2) is 0 Å². The molecule has 0 spiro atoms. The van der Waals surface area contributed by atoms with Gasteiger partial charge in [0.05, 0.1) is 7.11 Å². The van der Waals surface area contributed by atoms with Gasteiger partial charge < -0.3 is 5.32 Å². The number of hydrogen-bond donors (Lipinski definition) is 1. The molecule has 1 aliphatic rings. The summed E-state index contributed by atoms with van der Waals surface area (Å²) in [5.74, 6) is -2.67. The highest BCUT2D eigenvalue weighted by Crippen LogP contribution is 2.28. The standard InChI is InChI=1S/C9H13F3N2O3/c1-14(17-2)8(16)5-3-4-6(9(10,11)12)13-7(5)15/h5-6H,3-4H2,1-2H3,(H,13,15)/t5-,6+/m1/s1. The van der Waals surface area contributed by atoms with Crippen LogP contribution >= 0.6 is 0 Å². The molecule has 1 saturated heterocycles. The number of piperidine rings is 1. The highest BCUT2D eigenvalue weighted by molar-refractivity contribution is 6.00. The molecule has 0 aromatic rings. The summed E-state index contributed by atoms with van der Waals surface area (Å²) in [5, 5.41) is 2.63. The molecule has 17 heavy (non-hydrogen) atoms. The van der Waals surface area contributed by atoms with Gasteiger partial charge in [-0.3, -0.25) is 14.4 Å². The number of hydrogen-bond acceptors (Lipinski definition) is 3. The average molecular weight is 254 g/mol. The van der Waals surface area contributed by atoms with E-state index in [1.54, 1.807) is 5.32 Å².